The summed E-state index contributed by atoms with van der Waals surface area (Å²) in [5.41, 5.74) is 0. The summed E-state index contributed by atoms with van der Waals surface area (Å²) < 4.78 is 13.5. The lowest BCUT2D eigenvalue weighted by atomic mass is 10.3. The third-order valence-corrected chi connectivity index (χ3v) is 1.82. The molecule has 0 unspecified atom stereocenters. The van der Waals surface area contributed by atoms with Crippen molar-refractivity contribution >= 4 is 11.9 Å². The Morgan fingerprint density at radius 2 is 1.40 bits per heavy atom. The molecule has 0 aliphatic carbocycles. The molecule has 0 aromatic carbocycles. The highest BCUT2D eigenvalue weighted by Crippen LogP contribution is 1.98. The fraction of sp³-hybridized carbons (Fsp3) is 0.800. The zero-order valence-corrected chi connectivity index (χ0v) is 9.28. The third-order valence-electron chi connectivity index (χ3n) is 1.82. The normalized spacial score (nSPS) is 13.7. The van der Waals surface area contributed by atoms with Crippen LogP contribution in [0, 0.1) is 0 Å². The molecule has 0 aromatic rings. The molecule has 5 heteroatoms. The van der Waals surface area contributed by atoms with Crippen molar-refractivity contribution in [1.29, 1.82) is 0 Å². The quantitative estimate of drug-likeness (QED) is 0.659. The SMILES string of the molecule is C1CCOC1.COC(=O)CCC(=O)OC. The molecule has 5 nitrogen and oxygen atoms in total. The van der Waals surface area contributed by atoms with Crippen molar-refractivity contribution in [3.63, 3.8) is 0 Å². The molecule has 0 spiro atoms. The molecule has 1 rings (SSSR count). The molecule has 1 saturated heterocycles. The van der Waals surface area contributed by atoms with Gasteiger partial charge in [-0.25, -0.2) is 0 Å². The Bertz CT molecular complexity index is 163. The molecular formula is C10H18O5. The van der Waals surface area contributed by atoms with Crippen LogP contribution < -0.4 is 0 Å². The lowest BCUT2D eigenvalue weighted by Crippen LogP contribution is -2.06. The molecule has 0 N–H and O–H groups in total. The van der Waals surface area contributed by atoms with Crippen LogP contribution in [0.5, 0.6) is 0 Å². The summed E-state index contributed by atoms with van der Waals surface area (Å²) in [7, 11) is 2.55. The van der Waals surface area contributed by atoms with Crippen LogP contribution in [0.25, 0.3) is 0 Å². The maximum atomic E-state index is 10.4. The second-order valence-electron chi connectivity index (χ2n) is 2.97. The zero-order valence-electron chi connectivity index (χ0n) is 9.28. The minimum absolute atomic E-state index is 0.0865. The number of methoxy groups -OCH3 is 2. The van der Waals surface area contributed by atoms with Gasteiger partial charge in [0.15, 0.2) is 0 Å². The first-order chi connectivity index (χ1) is 7.20. The number of ether oxygens (including phenoxy) is 3. The first-order valence-electron chi connectivity index (χ1n) is 4.92. The summed E-state index contributed by atoms with van der Waals surface area (Å²) in [6.45, 7) is 2.00. The van der Waals surface area contributed by atoms with E-state index in [0.29, 0.717) is 0 Å². The molecule has 0 amide bonds. The molecule has 1 aliphatic heterocycles. The first-order valence-corrected chi connectivity index (χ1v) is 4.92. The highest BCUT2D eigenvalue weighted by atomic mass is 16.5. The van der Waals surface area contributed by atoms with Crippen molar-refractivity contribution in [2.24, 2.45) is 0 Å². The van der Waals surface area contributed by atoms with E-state index in [1.54, 1.807) is 0 Å². The lowest BCUT2D eigenvalue weighted by Gasteiger charge is -1.96. The van der Waals surface area contributed by atoms with Gasteiger partial charge in [-0.1, -0.05) is 0 Å². The zero-order chi connectivity index (χ0) is 11.5. The smallest absolute Gasteiger partial charge is 0.306 e. The number of hydrogen-bond donors (Lipinski definition) is 0. The number of carbonyl (C=O) groups is 2. The lowest BCUT2D eigenvalue weighted by molar-refractivity contribution is -0.147. The topological polar surface area (TPSA) is 61.8 Å². The summed E-state index contributed by atoms with van der Waals surface area (Å²) in [4.78, 5) is 20.8. The molecule has 0 radical (unpaired) electrons. The third kappa shape index (κ3) is 9.21. The van der Waals surface area contributed by atoms with Gasteiger partial charge in [0, 0.05) is 13.2 Å². The Morgan fingerprint density at radius 3 is 1.60 bits per heavy atom. The standard InChI is InChI=1S/C6H10O4.C4H8O/c1-9-5(7)3-4-6(8)10-2;1-2-4-5-3-1/h3-4H2,1-2H3;1-4H2. The summed E-state index contributed by atoms with van der Waals surface area (Å²) in [6, 6.07) is 0. The highest BCUT2D eigenvalue weighted by Gasteiger charge is 2.05. The van der Waals surface area contributed by atoms with E-state index < -0.39 is 11.9 Å². The van der Waals surface area contributed by atoms with Crippen molar-refractivity contribution in [2.45, 2.75) is 25.7 Å². The summed E-state index contributed by atoms with van der Waals surface area (Å²) in [5, 5.41) is 0. The Kier molecular flexibility index (Phi) is 8.76. The first kappa shape index (κ1) is 13.9. The average molecular weight is 218 g/mol. The molecule has 0 bridgehead atoms. The van der Waals surface area contributed by atoms with E-state index in [9.17, 15) is 9.59 Å². The van der Waals surface area contributed by atoms with Crippen molar-refractivity contribution in [3.8, 4) is 0 Å². The van der Waals surface area contributed by atoms with E-state index in [1.807, 2.05) is 0 Å². The summed E-state index contributed by atoms with van der Waals surface area (Å²) >= 11 is 0. The maximum absolute atomic E-state index is 10.4. The Labute approximate surface area is 89.7 Å². The minimum atomic E-state index is -0.398. The van der Waals surface area contributed by atoms with Gasteiger partial charge in [0.1, 0.15) is 0 Å². The van der Waals surface area contributed by atoms with Crippen LogP contribution in [0.3, 0.4) is 0 Å². The number of esters is 2. The average Bonchev–Trinajstić information content (AvgIpc) is 2.83. The summed E-state index contributed by atoms with van der Waals surface area (Å²) in [5.74, 6) is -0.796. The van der Waals surface area contributed by atoms with Crippen molar-refractivity contribution < 1.29 is 23.8 Å². The van der Waals surface area contributed by atoms with E-state index in [2.05, 4.69) is 9.47 Å². The summed E-state index contributed by atoms with van der Waals surface area (Å²) in [6.07, 6.45) is 2.73. The molecule has 1 heterocycles. The number of rotatable bonds is 3. The predicted molar refractivity (Wildman–Crippen MR) is 53.3 cm³/mol. The predicted octanol–water partition coefficient (Wildman–Crippen LogP) is 0.909. The molecule has 0 saturated carbocycles. The van der Waals surface area contributed by atoms with E-state index in [1.165, 1.54) is 27.1 Å². The number of carbonyl (C=O) groups excluding carboxylic acids is 2. The van der Waals surface area contributed by atoms with Crippen LogP contribution in [-0.2, 0) is 23.8 Å². The van der Waals surface area contributed by atoms with Gasteiger partial charge in [0.25, 0.3) is 0 Å². The van der Waals surface area contributed by atoms with Gasteiger partial charge in [0.2, 0.25) is 0 Å². The molecule has 88 valence electrons. The van der Waals surface area contributed by atoms with Crippen molar-refractivity contribution in [2.75, 3.05) is 27.4 Å². The van der Waals surface area contributed by atoms with Crippen molar-refractivity contribution in [1.82, 2.24) is 0 Å². The fourth-order valence-corrected chi connectivity index (χ4v) is 0.919. The Morgan fingerprint density at radius 1 is 1.00 bits per heavy atom. The van der Waals surface area contributed by atoms with Gasteiger partial charge in [-0.3, -0.25) is 9.59 Å². The van der Waals surface area contributed by atoms with Gasteiger partial charge in [0.05, 0.1) is 27.1 Å². The van der Waals surface area contributed by atoms with Crippen molar-refractivity contribution in [3.05, 3.63) is 0 Å². The Balaban J connectivity index is 0.000000322. The second-order valence-corrected chi connectivity index (χ2v) is 2.97. The number of hydrogen-bond acceptors (Lipinski definition) is 5. The van der Waals surface area contributed by atoms with E-state index in [-0.39, 0.29) is 12.8 Å². The molecule has 1 aliphatic rings. The largest absolute Gasteiger partial charge is 0.469 e. The van der Waals surface area contributed by atoms with E-state index in [4.69, 9.17) is 4.74 Å². The minimum Gasteiger partial charge on any atom is -0.469 e. The molecule has 15 heavy (non-hydrogen) atoms. The van der Waals surface area contributed by atoms with Crippen LogP contribution >= 0.6 is 0 Å². The van der Waals surface area contributed by atoms with Crippen LogP contribution in [0.4, 0.5) is 0 Å². The fourth-order valence-electron chi connectivity index (χ4n) is 0.919. The van der Waals surface area contributed by atoms with E-state index in [0.717, 1.165) is 13.2 Å². The van der Waals surface area contributed by atoms with Gasteiger partial charge in [-0.05, 0) is 12.8 Å². The van der Waals surface area contributed by atoms with Gasteiger partial charge in [-0.15, -0.1) is 0 Å². The van der Waals surface area contributed by atoms with Gasteiger partial charge in [-0.2, -0.15) is 0 Å². The second kappa shape index (κ2) is 9.45. The molecule has 0 atom stereocenters. The van der Waals surface area contributed by atoms with Gasteiger partial charge < -0.3 is 14.2 Å². The van der Waals surface area contributed by atoms with Crippen LogP contribution in [-0.4, -0.2) is 39.4 Å². The van der Waals surface area contributed by atoms with E-state index >= 15 is 0 Å². The molecule has 0 aromatic heterocycles. The monoisotopic (exact) mass is 218 g/mol. The van der Waals surface area contributed by atoms with Gasteiger partial charge >= 0.3 is 11.9 Å². The van der Waals surface area contributed by atoms with Crippen LogP contribution in [0.2, 0.25) is 0 Å². The Hall–Kier alpha value is -1.10. The van der Waals surface area contributed by atoms with Crippen LogP contribution in [0.1, 0.15) is 25.7 Å². The maximum Gasteiger partial charge on any atom is 0.306 e. The highest BCUT2D eigenvalue weighted by molar-refractivity contribution is 5.77. The molecule has 1 fully saturated rings. The molecular weight excluding hydrogens is 200 g/mol. The van der Waals surface area contributed by atoms with Crippen LogP contribution in [0.15, 0.2) is 0 Å².